The van der Waals surface area contributed by atoms with E-state index >= 15 is 0 Å². The summed E-state index contributed by atoms with van der Waals surface area (Å²) in [6.45, 7) is 0. The normalized spacial score (nSPS) is 15.8. The van der Waals surface area contributed by atoms with Crippen LogP contribution < -0.4 is 5.32 Å². The van der Waals surface area contributed by atoms with Gasteiger partial charge in [-0.2, -0.15) is 0 Å². The number of rotatable bonds is 5. The van der Waals surface area contributed by atoms with Gasteiger partial charge in [0.15, 0.2) is 5.82 Å². The molecule has 0 aliphatic heterocycles. The number of aromatic nitrogens is 4. The van der Waals surface area contributed by atoms with Gasteiger partial charge in [0.1, 0.15) is 0 Å². The van der Waals surface area contributed by atoms with Crippen molar-refractivity contribution in [2.75, 3.05) is 0 Å². The van der Waals surface area contributed by atoms with E-state index in [0.29, 0.717) is 12.8 Å². The summed E-state index contributed by atoms with van der Waals surface area (Å²) >= 11 is 0. The van der Waals surface area contributed by atoms with Crippen molar-refractivity contribution in [1.29, 1.82) is 0 Å². The van der Waals surface area contributed by atoms with Crippen LogP contribution in [0.25, 0.3) is 11.4 Å². The first-order valence-corrected chi connectivity index (χ1v) is 9.25. The van der Waals surface area contributed by atoms with E-state index in [4.69, 9.17) is 4.98 Å². The molecule has 27 heavy (non-hydrogen) atoms. The zero-order valence-electron chi connectivity index (χ0n) is 15.0. The van der Waals surface area contributed by atoms with Gasteiger partial charge in [0.05, 0.1) is 11.7 Å². The lowest BCUT2D eigenvalue weighted by Crippen LogP contribution is -2.31. The lowest BCUT2D eigenvalue weighted by atomic mass is 9.92. The number of fused-ring (bicyclic) bond motifs is 1. The molecule has 136 valence electrons. The Morgan fingerprint density at radius 3 is 2.81 bits per heavy atom. The number of aryl methyl sites for hydroxylation is 2. The van der Waals surface area contributed by atoms with E-state index in [-0.39, 0.29) is 11.9 Å². The van der Waals surface area contributed by atoms with Crippen LogP contribution in [0.15, 0.2) is 55.1 Å². The highest BCUT2D eigenvalue weighted by Crippen LogP contribution is 2.29. The first kappa shape index (κ1) is 17.3. The van der Waals surface area contributed by atoms with Crippen molar-refractivity contribution in [3.05, 3.63) is 72.1 Å². The largest absolute Gasteiger partial charge is 0.349 e. The molecule has 1 amide bonds. The van der Waals surface area contributed by atoms with E-state index in [2.05, 4.69) is 20.3 Å². The molecule has 1 unspecified atom stereocenters. The van der Waals surface area contributed by atoms with Crippen molar-refractivity contribution in [1.82, 2.24) is 25.3 Å². The highest BCUT2D eigenvalue weighted by molar-refractivity contribution is 5.76. The summed E-state index contributed by atoms with van der Waals surface area (Å²) in [7, 11) is 0. The minimum Gasteiger partial charge on any atom is -0.349 e. The van der Waals surface area contributed by atoms with Crippen LogP contribution in [-0.2, 0) is 17.6 Å². The highest BCUT2D eigenvalue weighted by Gasteiger charge is 2.24. The van der Waals surface area contributed by atoms with Crippen LogP contribution in [0.1, 0.15) is 42.3 Å². The van der Waals surface area contributed by atoms with E-state index < -0.39 is 0 Å². The molecule has 1 N–H and O–H groups in total. The van der Waals surface area contributed by atoms with Crippen LogP contribution in [-0.4, -0.2) is 25.8 Å². The van der Waals surface area contributed by atoms with Crippen LogP contribution >= 0.6 is 0 Å². The van der Waals surface area contributed by atoms with Gasteiger partial charge in [0.2, 0.25) is 5.91 Å². The monoisotopic (exact) mass is 359 g/mol. The zero-order valence-corrected chi connectivity index (χ0v) is 15.0. The fourth-order valence-electron chi connectivity index (χ4n) is 3.39. The molecule has 1 aromatic carbocycles. The Labute approximate surface area is 158 Å². The van der Waals surface area contributed by atoms with Gasteiger partial charge in [0, 0.05) is 48.0 Å². The molecule has 1 aliphatic rings. The summed E-state index contributed by atoms with van der Waals surface area (Å²) in [6, 6.07) is 9.95. The van der Waals surface area contributed by atoms with Crippen LogP contribution in [0.5, 0.6) is 0 Å². The molecular weight excluding hydrogens is 338 g/mol. The summed E-state index contributed by atoms with van der Waals surface area (Å²) < 4.78 is 0. The maximum atomic E-state index is 12.4. The predicted octanol–water partition coefficient (Wildman–Crippen LogP) is 3.06. The second kappa shape index (κ2) is 8.03. The van der Waals surface area contributed by atoms with Crippen molar-refractivity contribution in [2.24, 2.45) is 0 Å². The summed E-state index contributed by atoms with van der Waals surface area (Å²) in [6.07, 6.45) is 10.7. The molecule has 3 aromatic rings. The SMILES string of the molecule is O=C(CCc1cnccn1)NC1CCCc2nc(-c3ccccc3)ncc21. The first-order valence-electron chi connectivity index (χ1n) is 9.25. The van der Waals surface area contributed by atoms with Gasteiger partial charge in [-0.1, -0.05) is 30.3 Å². The van der Waals surface area contributed by atoms with Crippen molar-refractivity contribution in [3.8, 4) is 11.4 Å². The minimum atomic E-state index is -0.0204. The topological polar surface area (TPSA) is 80.7 Å². The van der Waals surface area contributed by atoms with E-state index in [0.717, 1.165) is 47.6 Å². The van der Waals surface area contributed by atoms with Gasteiger partial charge in [-0.15, -0.1) is 0 Å². The average molecular weight is 359 g/mol. The van der Waals surface area contributed by atoms with E-state index in [1.165, 1.54) is 0 Å². The maximum Gasteiger partial charge on any atom is 0.220 e. The molecule has 2 heterocycles. The number of carbonyl (C=O) groups excluding carboxylic acids is 1. The molecule has 0 spiro atoms. The van der Waals surface area contributed by atoms with Crippen molar-refractivity contribution in [2.45, 2.75) is 38.1 Å². The van der Waals surface area contributed by atoms with Gasteiger partial charge in [0.25, 0.3) is 0 Å². The summed E-state index contributed by atoms with van der Waals surface area (Å²) in [4.78, 5) is 29.9. The van der Waals surface area contributed by atoms with E-state index in [1.54, 1.807) is 18.6 Å². The molecule has 0 saturated heterocycles. The third-order valence-corrected chi connectivity index (χ3v) is 4.77. The Bertz CT molecular complexity index is 914. The zero-order chi connectivity index (χ0) is 18.5. The van der Waals surface area contributed by atoms with Crippen LogP contribution in [0, 0.1) is 0 Å². The van der Waals surface area contributed by atoms with E-state index in [9.17, 15) is 4.79 Å². The second-order valence-electron chi connectivity index (χ2n) is 6.67. The molecule has 1 aliphatic carbocycles. The molecule has 0 saturated carbocycles. The molecule has 6 heteroatoms. The number of nitrogens with one attached hydrogen (secondary N) is 1. The standard InChI is InChI=1S/C21H21N5O/c27-20(10-9-16-13-22-11-12-23-16)25-18-7-4-8-19-17(18)14-24-21(26-19)15-5-2-1-3-6-15/h1-3,5-6,11-14,18H,4,7-10H2,(H,25,27). The Morgan fingerprint density at radius 1 is 1.11 bits per heavy atom. The maximum absolute atomic E-state index is 12.4. The molecule has 0 fully saturated rings. The van der Waals surface area contributed by atoms with Gasteiger partial charge in [-0.25, -0.2) is 9.97 Å². The molecular formula is C21H21N5O. The number of amides is 1. The Kier molecular flexibility index (Phi) is 5.14. The van der Waals surface area contributed by atoms with Crippen molar-refractivity contribution >= 4 is 5.91 Å². The van der Waals surface area contributed by atoms with Gasteiger partial charge in [-0.05, 0) is 25.7 Å². The first-order chi connectivity index (χ1) is 13.3. The summed E-state index contributed by atoms with van der Waals surface area (Å²) in [5.74, 6) is 0.759. The third kappa shape index (κ3) is 4.16. The van der Waals surface area contributed by atoms with Gasteiger partial charge >= 0.3 is 0 Å². The number of nitrogens with zero attached hydrogens (tertiary/aromatic N) is 4. The van der Waals surface area contributed by atoms with Crippen LogP contribution in [0.4, 0.5) is 0 Å². The van der Waals surface area contributed by atoms with Crippen molar-refractivity contribution < 1.29 is 4.79 Å². The molecule has 1 atom stereocenters. The molecule has 0 bridgehead atoms. The number of carbonyl (C=O) groups is 1. The lowest BCUT2D eigenvalue weighted by Gasteiger charge is -2.25. The smallest absolute Gasteiger partial charge is 0.220 e. The Hall–Kier alpha value is -3.15. The third-order valence-electron chi connectivity index (χ3n) is 4.77. The van der Waals surface area contributed by atoms with Crippen molar-refractivity contribution in [3.63, 3.8) is 0 Å². The molecule has 0 radical (unpaired) electrons. The van der Waals surface area contributed by atoms with Gasteiger partial charge in [-0.3, -0.25) is 14.8 Å². The van der Waals surface area contributed by atoms with Crippen LogP contribution in [0.2, 0.25) is 0 Å². The minimum absolute atomic E-state index is 0.0191. The molecule has 6 nitrogen and oxygen atoms in total. The van der Waals surface area contributed by atoms with Gasteiger partial charge < -0.3 is 5.32 Å². The summed E-state index contributed by atoms with van der Waals surface area (Å²) in [5.41, 5.74) is 3.91. The Balaban J connectivity index is 1.44. The predicted molar refractivity (Wildman–Crippen MR) is 102 cm³/mol. The second-order valence-corrected chi connectivity index (χ2v) is 6.67. The molecule has 4 rings (SSSR count). The fourth-order valence-corrected chi connectivity index (χ4v) is 3.39. The molecule has 2 aromatic heterocycles. The lowest BCUT2D eigenvalue weighted by molar-refractivity contribution is -0.121. The number of hydrogen-bond donors (Lipinski definition) is 1. The summed E-state index contributed by atoms with van der Waals surface area (Å²) in [5, 5.41) is 3.14. The fraction of sp³-hybridized carbons (Fsp3) is 0.286. The highest BCUT2D eigenvalue weighted by atomic mass is 16.1. The van der Waals surface area contributed by atoms with Crippen LogP contribution in [0.3, 0.4) is 0 Å². The number of benzene rings is 1. The quantitative estimate of drug-likeness (QED) is 0.757. The average Bonchev–Trinajstić information content (AvgIpc) is 2.73. The number of hydrogen-bond acceptors (Lipinski definition) is 5. The Morgan fingerprint density at radius 2 is 2.00 bits per heavy atom. The van der Waals surface area contributed by atoms with E-state index in [1.807, 2.05) is 36.5 Å².